The molecule has 0 saturated heterocycles. The first-order chi connectivity index (χ1) is 6.71. The molecule has 2 bridgehead atoms. The van der Waals surface area contributed by atoms with Gasteiger partial charge in [-0.3, -0.25) is 0 Å². The highest BCUT2D eigenvalue weighted by Gasteiger charge is 2.44. The SMILES string of the molecule is Oc1cccc2c1C1C=CC2(O)OO1. The van der Waals surface area contributed by atoms with E-state index in [4.69, 9.17) is 9.78 Å². The minimum Gasteiger partial charge on any atom is -0.508 e. The molecule has 2 heterocycles. The van der Waals surface area contributed by atoms with Crippen LogP contribution in [0, 0.1) is 0 Å². The average Bonchev–Trinajstić information content (AvgIpc) is 2.19. The summed E-state index contributed by atoms with van der Waals surface area (Å²) in [5.41, 5.74) is 1.11. The van der Waals surface area contributed by atoms with Crippen LogP contribution >= 0.6 is 0 Å². The van der Waals surface area contributed by atoms with E-state index in [2.05, 4.69) is 0 Å². The van der Waals surface area contributed by atoms with E-state index < -0.39 is 11.9 Å². The smallest absolute Gasteiger partial charge is 0.245 e. The van der Waals surface area contributed by atoms with Crippen LogP contribution in [0.1, 0.15) is 17.2 Å². The lowest BCUT2D eigenvalue weighted by atomic mass is 9.88. The average molecular weight is 192 g/mol. The van der Waals surface area contributed by atoms with Crippen molar-refractivity contribution in [2.75, 3.05) is 0 Å². The Kier molecular flexibility index (Phi) is 1.35. The highest BCUT2D eigenvalue weighted by atomic mass is 17.2. The second-order valence-electron chi connectivity index (χ2n) is 3.39. The summed E-state index contributed by atoms with van der Waals surface area (Å²) in [6.45, 7) is 0. The maximum absolute atomic E-state index is 9.95. The van der Waals surface area contributed by atoms with Gasteiger partial charge in [-0.25, -0.2) is 4.89 Å². The summed E-state index contributed by atoms with van der Waals surface area (Å²) in [7, 11) is 0. The molecule has 2 unspecified atom stereocenters. The first-order valence-corrected chi connectivity index (χ1v) is 4.29. The Labute approximate surface area is 79.9 Å². The van der Waals surface area contributed by atoms with Crippen molar-refractivity contribution in [3.63, 3.8) is 0 Å². The van der Waals surface area contributed by atoms with E-state index in [1.165, 1.54) is 6.08 Å². The summed E-state index contributed by atoms with van der Waals surface area (Å²) >= 11 is 0. The number of hydrogen-bond donors (Lipinski definition) is 2. The molecule has 0 radical (unpaired) electrons. The van der Waals surface area contributed by atoms with Crippen molar-refractivity contribution in [1.29, 1.82) is 0 Å². The standard InChI is InChI=1S/C10H8O4/c11-7-3-1-2-6-9(7)8-4-5-10(6,12)14-13-8/h1-5,8,11-12H. The summed E-state index contributed by atoms with van der Waals surface area (Å²) < 4.78 is 0. The van der Waals surface area contributed by atoms with Crippen LogP contribution in [0.2, 0.25) is 0 Å². The van der Waals surface area contributed by atoms with Crippen molar-refractivity contribution < 1.29 is 20.0 Å². The van der Waals surface area contributed by atoms with Crippen LogP contribution < -0.4 is 0 Å². The van der Waals surface area contributed by atoms with Gasteiger partial charge < -0.3 is 10.2 Å². The monoisotopic (exact) mass is 192 g/mol. The number of phenols is 1. The molecular weight excluding hydrogens is 184 g/mol. The fourth-order valence-corrected chi connectivity index (χ4v) is 1.85. The number of aromatic hydroxyl groups is 1. The van der Waals surface area contributed by atoms with Gasteiger partial charge in [-0.15, -0.1) is 0 Å². The summed E-state index contributed by atoms with van der Waals surface area (Å²) in [5.74, 6) is -1.44. The van der Waals surface area contributed by atoms with Gasteiger partial charge in [0.05, 0.1) is 0 Å². The molecule has 4 nitrogen and oxygen atoms in total. The van der Waals surface area contributed by atoms with E-state index in [1.54, 1.807) is 24.3 Å². The van der Waals surface area contributed by atoms with Gasteiger partial charge in [-0.1, -0.05) is 12.1 Å². The molecule has 72 valence electrons. The molecule has 1 aromatic carbocycles. The fourth-order valence-electron chi connectivity index (χ4n) is 1.85. The van der Waals surface area contributed by atoms with Crippen LogP contribution in [0.3, 0.4) is 0 Å². The lowest BCUT2D eigenvalue weighted by molar-refractivity contribution is -0.442. The first kappa shape index (κ1) is 7.99. The van der Waals surface area contributed by atoms with Crippen molar-refractivity contribution in [1.82, 2.24) is 0 Å². The summed E-state index contributed by atoms with van der Waals surface area (Å²) in [6, 6.07) is 4.91. The van der Waals surface area contributed by atoms with Crippen LogP contribution in [0.15, 0.2) is 30.4 Å². The van der Waals surface area contributed by atoms with Crippen LogP contribution in [0.25, 0.3) is 0 Å². The van der Waals surface area contributed by atoms with Crippen LogP contribution in [-0.2, 0) is 15.6 Å². The number of hydrogen-bond acceptors (Lipinski definition) is 4. The Balaban J connectivity index is 2.32. The molecule has 4 rings (SSSR count). The second-order valence-corrected chi connectivity index (χ2v) is 3.39. The topological polar surface area (TPSA) is 58.9 Å². The zero-order chi connectivity index (χ0) is 9.76. The third kappa shape index (κ3) is 0.824. The second kappa shape index (κ2) is 2.36. The molecule has 0 aromatic heterocycles. The normalized spacial score (nSPS) is 33.1. The maximum Gasteiger partial charge on any atom is 0.245 e. The van der Waals surface area contributed by atoms with Crippen LogP contribution in [-0.4, -0.2) is 10.2 Å². The highest BCUT2D eigenvalue weighted by molar-refractivity contribution is 5.49. The van der Waals surface area contributed by atoms with Gasteiger partial charge in [0.15, 0.2) is 0 Å². The molecule has 0 fully saturated rings. The third-order valence-corrected chi connectivity index (χ3v) is 2.53. The predicted molar refractivity (Wildman–Crippen MR) is 46.1 cm³/mol. The molecule has 0 saturated carbocycles. The van der Waals surface area contributed by atoms with E-state index in [-0.39, 0.29) is 5.75 Å². The van der Waals surface area contributed by atoms with Gasteiger partial charge in [0.1, 0.15) is 11.9 Å². The Morgan fingerprint density at radius 2 is 2.21 bits per heavy atom. The largest absolute Gasteiger partial charge is 0.508 e. The fraction of sp³-hybridized carbons (Fsp3) is 0.200. The zero-order valence-electron chi connectivity index (χ0n) is 7.18. The highest BCUT2D eigenvalue weighted by Crippen LogP contribution is 2.47. The molecule has 0 amide bonds. The van der Waals surface area contributed by atoms with Gasteiger partial charge in [0.25, 0.3) is 0 Å². The van der Waals surface area contributed by atoms with Gasteiger partial charge >= 0.3 is 0 Å². The van der Waals surface area contributed by atoms with Crippen molar-refractivity contribution >= 4 is 0 Å². The molecule has 0 spiro atoms. The van der Waals surface area contributed by atoms with Crippen molar-refractivity contribution in [2.45, 2.75) is 11.9 Å². The quantitative estimate of drug-likeness (QED) is 0.477. The lowest BCUT2D eigenvalue weighted by Gasteiger charge is -2.38. The first-order valence-electron chi connectivity index (χ1n) is 4.29. The molecule has 2 aliphatic heterocycles. The molecule has 1 aliphatic carbocycles. The molecular formula is C10H8O4. The Bertz CT molecular complexity index is 426. The molecule has 3 aliphatic rings. The number of fused-ring (bicyclic) bond motifs is 1. The van der Waals surface area contributed by atoms with Crippen molar-refractivity contribution in [3.05, 3.63) is 41.5 Å². The van der Waals surface area contributed by atoms with E-state index in [0.29, 0.717) is 11.1 Å². The third-order valence-electron chi connectivity index (χ3n) is 2.53. The zero-order valence-corrected chi connectivity index (χ0v) is 7.18. The Morgan fingerprint density at radius 3 is 2.86 bits per heavy atom. The van der Waals surface area contributed by atoms with Gasteiger partial charge in [-0.05, 0) is 18.2 Å². The molecule has 2 N–H and O–H groups in total. The number of benzene rings is 1. The van der Waals surface area contributed by atoms with E-state index in [0.717, 1.165) is 0 Å². The number of rotatable bonds is 0. The minimum atomic E-state index is -1.55. The lowest BCUT2D eigenvalue weighted by Crippen LogP contribution is -2.37. The predicted octanol–water partition coefficient (Wildman–Crippen LogP) is 1.11. The number of aliphatic hydroxyl groups is 1. The molecule has 14 heavy (non-hydrogen) atoms. The van der Waals surface area contributed by atoms with Crippen LogP contribution in [0.4, 0.5) is 0 Å². The summed E-state index contributed by atoms with van der Waals surface area (Å²) in [5, 5.41) is 19.6. The maximum atomic E-state index is 9.95. The summed E-state index contributed by atoms with van der Waals surface area (Å²) in [4.78, 5) is 9.69. The Morgan fingerprint density at radius 1 is 1.36 bits per heavy atom. The molecule has 1 aromatic rings. The molecule has 2 atom stereocenters. The van der Waals surface area contributed by atoms with Crippen LogP contribution in [0.5, 0.6) is 5.75 Å². The van der Waals surface area contributed by atoms with Crippen molar-refractivity contribution in [2.24, 2.45) is 0 Å². The van der Waals surface area contributed by atoms with E-state index in [9.17, 15) is 10.2 Å². The van der Waals surface area contributed by atoms with Crippen molar-refractivity contribution in [3.8, 4) is 5.75 Å². The van der Waals surface area contributed by atoms with Gasteiger partial charge in [0, 0.05) is 11.1 Å². The van der Waals surface area contributed by atoms with E-state index in [1.807, 2.05) is 0 Å². The van der Waals surface area contributed by atoms with Gasteiger partial charge in [-0.2, -0.15) is 4.89 Å². The summed E-state index contributed by atoms with van der Waals surface area (Å²) in [6.07, 6.45) is 2.74. The minimum absolute atomic E-state index is 0.110. The molecule has 4 heteroatoms. The number of phenolic OH excluding ortho intramolecular Hbond substituents is 1. The van der Waals surface area contributed by atoms with Gasteiger partial charge in [0.2, 0.25) is 5.79 Å². The van der Waals surface area contributed by atoms with E-state index >= 15 is 0 Å². The Hall–Kier alpha value is -1.36.